The highest BCUT2D eigenvalue weighted by Gasteiger charge is 2.56. The zero-order valence-corrected chi connectivity index (χ0v) is 10.0. The normalized spacial score (nSPS) is 22.7. The number of rotatable bonds is 2. The van der Waals surface area contributed by atoms with Crippen LogP contribution in [-0.2, 0) is 4.74 Å². The Bertz CT molecular complexity index is 480. The number of benzene rings is 1. The molecule has 0 unspecified atom stereocenters. The van der Waals surface area contributed by atoms with Crippen LogP contribution in [0.1, 0.15) is 33.8 Å². The second kappa shape index (κ2) is 4.30. The van der Waals surface area contributed by atoms with E-state index in [0.29, 0.717) is 16.7 Å². The SMILES string of the molecule is COC(=O)c1ccc([C@@H]2C[C@@H]2C(F)(F)F)cc1C. The summed E-state index contributed by atoms with van der Waals surface area (Å²) in [6, 6.07) is 4.75. The maximum atomic E-state index is 12.5. The van der Waals surface area contributed by atoms with E-state index in [9.17, 15) is 18.0 Å². The third-order valence-corrected chi connectivity index (χ3v) is 3.29. The van der Waals surface area contributed by atoms with Crippen molar-refractivity contribution in [2.24, 2.45) is 5.92 Å². The van der Waals surface area contributed by atoms with Crippen LogP contribution in [0, 0.1) is 12.8 Å². The van der Waals surface area contributed by atoms with Gasteiger partial charge in [0.1, 0.15) is 0 Å². The Morgan fingerprint density at radius 1 is 1.39 bits per heavy atom. The lowest BCUT2D eigenvalue weighted by atomic mass is 10.0. The van der Waals surface area contributed by atoms with Crippen LogP contribution >= 0.6 is 0 Å². The molecule has 0 heterocycles. The number of halogens is 3. The fourth-order valence-corrected chi connectivity index (χ4v) is 2.18. The van der Waals surface area contributed by atoms with Gasteiger partial charge in [-0.1, -0.05) is 12.1 Å². The molecule has 0 bridgehead atoms. The number of hydrogen-bond donors (Lipinski definition) is 0. The number of carbonyl (C=O) groups excluding carboxylic acids is 1. The molecule has 1 aromatic rings. The fraction of sp³-hybridized carbons (Fsp3) is 0.462. The molecule has 0 saturated heterocycles. The summed E-state index contributed by atoms with van der Waals surface area (Å²) >= 11 is 0. The van der Waals surface area contributed by atoms with E-state index in [0.717, 1.165) is 0 Å². The number of esters is 1. The second-order valence-corrected chi connectivity index (χ2v) is 4.56. The van der Waals surface area contributed by atoms with E-state index in [1.807, 2.05) is 0 Å². The molecule has 1 aliphatic carbocycles. The predicted molar refractivity (Wildman–Crippen MR) is 59.4 cm³/mol. The van der Waals surface area contributed by atoms with Gasteiger partial charge >= 0.3 is 12.1 Å². The highest BCUT2D eigenvalue weighted by molar-refractivity contribution is 5.91. The van der Waals surface area contributed by atoms with Gasteiger partial charge in [0, 0.05) is 0 Å². The van der Waals surface area contributed by atoms with Gasteiger partial charge in [-0.2, -0.15) is 13.2 Å². The first-order chi connectivity index (χ1) is 8.34. The molecule has 1 fully saturated rings. The minimum Gasteiger partial charge on any atom is -0.465 e. The molecule has 1 aliphatic rings. The van der Waals surface area contributed by atoms with Crippen LogP contribution in [0.3, 0.4) is 0 Å². The molecule has 2 atom stereocenters. The summed E-state index contributed by atoms with van der Waals surface area (Å²) in [7, 11) is 1.27. The standard InChI is InChI=1S/C13H13F3O2/c1-7-5-8(3-4-9(7)12(17)18-2)10-6-11(10)13(14,15)16/h3-5,10-11H,6H2,1-2H3/t10-,11-/m0/s1. The lowest BCUT2D eigenvalue weighted by molar-refractivity contribution is -0.148. The maximum Gasteiger partial charge on any atom is 0.392 e. The minimum absolute atomic E-state index is 0.139. The van der Waals surface area contributed by atoms with Gasteiger partial charge in [-0.15, -0.1) is 0 Å². The summed E-state index contributed by atoms with van der Waals surface area (Å²) in [6.07, 6.45) is -3.99. The first kappa shape index (κ1) is 12.9. The summed E-state index contributed by atoms with van der Waals surface area (Å²) in [5, 5.41) is 0. The summed E-state index contributed by atoms with van der Waals surface area (Å²) < 4.78 is 42.0. The predicted octanol–water partition coefficient (Wildman–Crippen LogP) is 3.45. The molecule has 98 valence electrons. The van der Waals surface area contributed by atoms with Gasteiger partial charge in [-0.05, 0) is 36.5 Å². The lowest BCUT2D eigenvalue weighted by Crippen LogP contribution is -2.11. The summed E-state index contributed by atoms with van der Waals surface area (Å²) in [4.78, 5) is 11.4. The number of carbonyl (C=O) groups is 1. The van der Waals surface area contributed by atoms with E-state index < -0.39 is 24.0 Å². The summed E-state index contributed by atoms with van der Waals surface area (Å²) in [5.74, 6) is -2.17. The molecule has 0 aromatic heterocycles. The molecule has 0 radical (unpaired) electrons. The fourth-order valence-electron chi connectivity index (χ4n) is 2.18. The van der Waals surface area contributed by atoms with Crippen LogP contribution in [0.25, 0.3) is 0 Å². The molecule has 2 nitrogen and oxygen atoms in total. The molecule has 0 spiro atoms. The van der Waals surface area contributed by atoms with Gasteiger partial charge in [-0.3, -0.25) is 0 Å². The molecule has 1 saturated carbocycles. The second-order valence-electron chi connectivity index (χ2n) is 4.56. The van der Waals surface area contributed by atoms with Crippen molar-refractivity contribution >= 4 is 5.97 Å². The molecule has 18 heavy (non-hydrogen) atoms. The Hall–Kier alpha value is -1.52. The van der Waals surface area contributed by atoms with Gasteiger partial charge < -0.3 is 4.74 Å². The number of ether oxygens (including phenoxy) is 1. The molecule has 2 rings (SSSR count). The van der Waals surface area contributed by atoms with E-state index in [4.69, 9.17) is 0 Å². The molecule has 5 heteroatoms. The van der Waals surface area contributed by atoms with Crippen LogP contribution in [0.5, 0.6) is 0 Å². The monoisotopic (exact) mass is 258 g/mol. The van der Waals surface area contributed by atoms with Gasteiger partial charge in [0.25, 0.3) is 0 Å². The van der Waals surface area contributed by atoms with Gasteiger partial charge in [0.05, 0.1) is 18.6 Å². The van der Waals surface area contributed by atoms with E-state index in [2.05, 4.69) is 4.74 Å². The first-order valence-corrected chi connectivity index (χ1v) is 5.60. The Kier molecular flexibility index (Phi) is 3.09. The first-order valence-electron chi connectivity index (χ1n) is 5.60. The average Bonchev–Trinajstić information content (AvgIpc) is 3.07. The highest BCUT2D eigenvalue weighted by atomic mass is 19.4. The van der Waals surface area contributed by atoms with Crippen molar-refractivity contribution in [1.29, 1.82) is 0 Å². The number of alkyl halides is 3. The molecular weight excluding hydrogens is 245 g/mol. The van der Waals surface area contributed by atoms with Crippen LogP contribution in [-0.4, -0.2) is 19.3 Å². The van der Waals surface area contributed by atoms with Gasteiger partial charge in [0.2, 0.25) is 0 Å². The van der Waals surface area contributed by atoms with E-state index in [1.54, 1.807) is 19.1 Å². The van der Waals surface area contributed by atoms with Crippen molar-refractivity contribution in [1.82, 2.24) is 0 Å². The number of hydrogen-bond acceptors (Lipinski definition) is 2. The maximum absolute atomic E-state index is 12.5. The zero-order valence-electron chi connectivity index (χ0n) is 10.0. The lowest BCUT2D eigenvalue weighted by Gasteiger charge is -2.08. The molecule has 0 aliphatic heterocycles. The van der Waals surface area contributed by atoms with Crippen molar-refractivity contribution in [2.45, 2.75) is 25.4 Å². The molecule has 1 aromatic carbocycles. The van der Waals surface area contributed by atoms with E-state index in [1.165, 1.54) is 13.2 Å². The zero-order chi connectivity index (χ0) is 13.5. The summed E-state index contributed by atoms with van der Waals surface area (Å²) in [6.45, 7) is 1.70. The smallest absolute Gasteiger partial charge is 0.392 e. The van der Waals surface area contributed by atoms with Crippen LogP contribution in [0.4, 0.5) is 13.2 Å². The van der Waals surface area contributed by atoms with Crippen molar-refractivity contribution in [3.05, 3.63) is 34.9 Å². The van der Waals surface area contributed by atoms with Crippen LogP contribution in [0.2, 0.25) is 0 Å². The highest BCUT2D eigenvalue weighted by Crippen LogP contribution is 2.56. The largest absolute Gasteiger partial charge is 0.465 e. The molecular formula is C13H13F3O2. The van der Waals surface area contributed by atoms with E-state index in [-0.39, 0.29) is 6.42 Å². The van der Waals surface area contributed by atoms with Crippen molar-refractivity contribution < 1.29 is 22.7 Å². The molecule has 0 amide bonds. The van der Waals surface area contributed by atoms with Crippen molar-refractivity contribution in [3.63, 3.8) is 0 Å². The van der Waals surface area contributed by atoms with Crippen LogP contribution < -0.4 is 0 Å². The van der Waals surface area contributed by atoms with Crippen molar-refractivity contribution in [3.8, 4) is 0 Å². The minimum atomic E-state index is -4.13. The van der Waals surface area contributed by atoms with Crippen molar-refractivity contribution in [2.75, 3.05) is 7.11 Å². The average molecular weight is 258 g/mol. The summed E-state index contributed by atoms with van der Waals surface area (Å²) in [5.41, 5.74) is 1.68. The topological polar surface area (TPSA) is 26.3 Å². The molecule has 0 N–H and O–H groups in total. The Labute approximate surface area is 103 Å². The number of aryl methyl sites for hydroxylation is 1. The van der Waals surface area contributed by atoms with Gasteiger partial charge in [-0.25, -0.2) is 4.79 Å². The quantitative estimate of drug-likeness (QED) is 0.759. The van der Waals surface area contributed by atoms with Gasteiger partial charge in [0.15, 0.2) is 0 Å². The third kappa shape index (κ3) is 2.35. The Morgan fingerprint density at radius 2 is 2.06 bits per heavy atom. The Balaban J connectivity index is 2.19. The Morgan fingerprint density at radius 3 is 2.50 bits per heavy atom. The number of methoxy groups -OCH3 is 1. The third-order valence-electron chi connectivity index (χ3n) is 3.29. The van der Waals surface area contributed by atoms with Crippen LogP contribution in [0.15, 0.2) is 18.2 Å². The van der Waals surface area contributed by atoms with E-state index >= 15 is 0 Å².